The summed E-state index contributed by atoms with van der Waals surface area (Å²) in [5, 5.41) is 10.7. The van der Waals surface area contributed by atoms with Crippen LogP contribution in [0, 0.1) is 12.3 Å². The molecule has 2 fully saturated rings. The summed E-state index contributed by atoms with van der Waals surface area (Å²) in [6, 6.07) is 7.69. The summed E-state index contributed by atoms with van der Waals surface area (Å²) in [6.45, 7) is 9.46. The van der Waals surface area contributed by atoms with Crippen molar-refractivity contribution in [1.29, 1.82) is 0 Å². The summed E-state index contributed by atoms with van der Waals surface area (Å²) in [7, 11) is 0. The Morgan fingerprint density at radius 2 is 1.69 bits per heavy atom. The van der Waals surface area contributed by atoms with Crippen molar-refractivity contribution in [2.75, 3.05) is 19.6 Å². The quantitative estimate of drug-likeness (QED) is 0.839. The summed E-state index contributed by atoms with van der Waals surface area (Å²) < 4.78 is 0. The number of amides is 2. The Balaban J connectivity index is 1.70. The van der Waals surface area contributed by atoms with Crippen molar-refractivity contribution in [2.45, 2.75) is 58.6 Å². The van der Waals surface area contributed by atoms with E-state index in [9.17, 15) is 14.7 Å². The molecule has 1 N–H and O–H groups in total. The van der Waals surface area contributed by atoms with Gasteiger partial charge in [-0.2, -0.15) is 0 Å². The molecule has 2 saturated heterocycles. The van der Waals surface area contributed by atoms with Crippen molar-refractivity contribution >= 4 is 11.8 Å². The minimum absolute atomic E-state index is 0.00582. The van der Waals surface area contributed by atoms with Gasteiger partial charge in [0.05, 0.1) is 11.6 Å². The Kier molecular flexibility index (Phi) is 4.86. The minimum Gasteiger partial charge on any atom is -0.391 e. The second-order valence-electron chi connectivity index (χ2n) is 8.64. The maximum Gasteiger partial charge on any atom is 0.253 e. The van der Waals surface area contributed by atoms with Crippen LogP contribution in [-0.4, -0.2) is 58.0 Å². The molecule has 0 radical (unpaired) electrons. The Bertz CT molecular complexity index is 688. The number of benzene rings is 1. The molecule has 26 heavy (non-hydrogen) atoms. The Hall–Kier alpha value is -1.88. The summed E-state index contributed by atoms with van der Waals surface area (Å²) in [4.78, 5) is 28.6. The zero-order valence-electron chi connectivity index (χ0n) is 16.3. The average Bonchev–Trinajstić information content (AvgIpc) is 2.59. The van der Waals surface area contributed by atoms with E-state index >= 15 is 0 Å². The number of aryl methyl sites for hydroxylation is 1. The smallest absolute Gasteiger partial charge is 0.253 e. The number of likely N-dealkylation sites (tertiary alicyclic amines) is 2. The molecule has 0 bridgehead atoms. The van der Waals surface area contributed by atoms with Crippen LogP contribution in [0.5, 0.6) is 0 Å². The molecule has 0 saturated carbocycles. The summed E-state index contributed by atoms with van der Waals surface area (Å²) >= 11 is 0. The van der Waals surface area contributed by atoms with Crippen LogP contribution in [0.25, 0.3) is 0 Å². The van der Waals surface area contributed by atoms with Crippen LogP contribution in [0.4, 0.5) is 0 Å². The topological polar surface area (TPSA) is 60.9 Å². The Morgan fingerprint density at radius 3 is 2.23 bits per heavy atom. The number of rotatable bonds is 1. The van der Waals surface area contributed by atoms with Crippen LogP contribution in [0.1, 0.15) is 56.0 Å². The van der Waals surface area contributed by atoms with Gasteiger partial charge in [-0.05, 0) is 57.6 Å². The molecular formula is C21H30N2O3. The number of hydrogen-bond acceptors (Lipinski definition) is 3. The van der Waals surface area contributed by atoms with E-state index in [1.54, 1.807) is 6.92 Å². The lowest BCUT2D eigenvalue weighted by molar-refractivity contribution is -0.156. The second kappa shape index (κ2) is 6.69. The summed E-state index contributed by atoms with van der Waals surface area (Å²) in [6.07, 6.45) is 1.79. The van der Waals surface area contributed by atoms with E-state index in [-0.39, 0.29) is 17.2 Å². The van der Waals surface area contributed by atoms with Gasteiger partial charge in [0, 0.05) is 32.1 Å². The van der Waals surface area contributed by atoms with Crippen molar-refractivity contribution < 1.29 is 14.7 Å². The molecule has 2 aliphatic rings. The van der Waals surface area contributed by atoms with Gasteiger partial charge in [-0.15, -0.1) is 0 Å². The molecule has 5 nitrogen and oxygen atoms in total. The number of aliphatic hydroxyl groups excluding tert-OH is 1. The highest BCUT2D eigenvalue weighted by Gasteiger charge is 2.50. The first-order valence-electron chi connectivity index (χ1n) is 9.47. The summed E-state index contributed by atoms with van der Waals surface area (Å²) in [5.74, 6) is 0.0752. The Labute approximate surface area is 156 Å². The third-order valence-corrected chi connectivity index (χ3v) is 6.42. The third-order valence-electron chi connectivity index (χ3n) is 6.42. The van der Waals surface area contributed by atoms with Crippen molar-refractivity contribution in [2.24, 2.45) is 5.41 Å². The molecule has 1 atom stereocenters. The number of piperidine rings is 2. The monoisotopic (exact) mass is 358 g/mol. The molecule has 1 spiro atoms. The van der Waals surface area contributed by atoms with Gasteiger partial charge in [-0.3, -0.25) is 9.59 Å². The normalized spacial score (nSPS) is 24.6. The van der Waals surface area contributed by atoms with Gasteiger partial charge in [0.25, 0.3) is 5.91 Å². The number of carbonyl (C=O) groups excluding carboxylic acids is 2. The SMILES string of the molecule is CC(=O)N1CC2(CCN(C(=O)c3ccc(C)cc3)CC2)CC(O)C1(C)C. The fourth-order valence-corrected chi connectivity index (χ4v) is 4.39. The first kappa shape index (κ1) is 18.9. The number of hydrogen-bond donors (Lipinski definition) is 1. The molecule has 1 aromatic carbocycles. The number of aliphatic hydroxyl groups is 1. The molecule has 3 rings (SSSR count). The van der Waals surface area contributed by atoms with Crippen molar-refractivity contribution in [3.05, 3.63) is 35.4 Å². The lowest BCUT2D eigenvalue weighted by Crippen LogP contribution is -2.64. The van der Waals surface area contributed by atoms with E-state index in [0.717, 1.165) is 24.0 Å². The van der Waals surface area contributed by atoms with Crippen LogP contribution in [-0.2, 0) is 4.79 Å². The molecule has 0 aromatic heterocycles. The van der Waals surface area contributed by atoms with Crippen molar-refractivity contribution in [1.82, 2.24) is 9.80 Å². The van der Waals surface area contributed by atoms with Gasteiger partial charge in [-0.25, -0.2) is 0 Å². The van der Waals surface area contributed by atoms with E-state index in [1.165, 1.54) is 0 Å². The number of carbonyl (C=O) groups is 2. The predicted octanol–water partition coefficient (Wildman–Crippen LogP) is 2.61. The highest BCUT2D eigenvalue weighted by molar-refractivity contribution is 5.94. The van der Waals surface area contributed by atoms with Gasteiger partial charge < -0.3 is 14.9 Å². The van der Waals surface area contributed by atoms with E-state index in [4.69, 9.17) is 0 Å². The van der Waals surface area contributed by atoms with Gasteiger partial charge in [-0.1, -0.05) is 17.7 Å². The van der Waals surface area contributed by atoms with Crippen LogP contribution >= 0.6 is 0 Å². The molecule has 5 heteroatoms. The highest BCUT2D eigenvalue weighted by Crippen LogP contribution is 2.45. The molecule has 2 amide bonds. The molecule has 142 valence electrons. The zero-order valence-corrected chi connectivity index (χ0v) is 16.3. The molecular weight excluding hydrogens is 328 g/mol. The van der Waals surface area contributed by atoms with E-state index in [0.29, 0.717) is 26.1 Å². The van der Waals surface area contributed by atoms with Gasteiger partial charge >= 0.3 is 0 Å². The molecule has 0 aliphatic carbocycles. The van der Waals surface area contributed by atoms with Crippen LogP contribution < -0.4 is 0 Å². The summed E-state index contributed by atoms with van der Waals surface area (Å²) in [5.41, 5.74) is 1.24. The molecule has 2 aliphatic heterocycles. The van der Waals surface area contributed by atoms with Crippen molar-refractivity contribution in [3.8, 4) is 0 Å². The van der Waals surface area contributed by atoms with E-state index in [1.807, 2.05) is 54.8 Å². The van der Waals surface area contributed by atoms with Crippen LogP contribution in [0.15, 0.2) is 24.3 Å². The number of nitrogens with zero attached hydrogens (tertiary/aromatic N) is 2. The molecule has 2 heterocycles. The largest absolute Gasteiger partial charge is 0.391 e. The van der Waals surface area contributed by atoms with Crippen LogP contribution in [0.3, 0.4) is 0 Å². The first-order chi connectivity index (χ1) is 12.1. The van der Waals surface area contributed by atoms with E-state index < -0.39 is 11.6 Å². The average molecular weight is 358 g/mol. The molecule has 1 aromatic rings. The maximum absolute atomic E-state index is 12.7. The lowest BCUT2D eigenvalue weighted by atomic mass is 9.67. The van der Waals surface area contributed by atoms with Gasteiger partial charge in [0.15, 0.2) is 0 Å². The Morgan fingerprint density at radius 1 is 1.12 bits per heavy atom. The fourth-order valence-electron chi connectivity index (χ4n) is 4.39. The van der Waals surface area contributed by atoms with Gasteiger partial charge in [0.1, 0.15) is 0 Å². The fraction of sp³-hybridized carbons (Fsp3) is 0.619. The van der Waals surface area contributed by atoms with E-state index in [2.05, 4.69) is 0 Å². The first-order valence-corrected chi connectivity index (χ1v) is 9.47. The van der Waals surface area contributed by atoms with Crippen molar-refractivity contribution in [3.63, 3.8) is 0 Å². The lowest BCUT2D eigenvalue weighted by Gasteiger charge is -2.55. The van der Waals surface area contributed by atoms with Gasteiger partial charge in [0.2, 0.25) is 5.91 Å². The molecule has 1 unspecified atom stereocenters. The minimum atomic E-state index is -0.542. The highest BCUT2D eigenvalue weighted by atomic mass is 16.3. The third kappa shape index (κ3) is 3.37. The predicted molar refractivity (Wildman–Crippen MR) is 101 cm³/mol. The maximum atomic E-state index is 12.7. The van der Waals surface area contributed by atoms with Crippen LogP contribution in [0.2, 0.25) is 0 Å². The standard InChI is InChI=1S/C21H30N2O3/c1-15-5-7-17(8-6-15)19(26)22-11-9-21(10-12-22)13-18(25)20(3,4)23(14-21)16(2)24/h5-8,18,25H,9-14H2,1-4H3. The second-order valence-corrected chi connectivity index (χ2v) is 8.64. The zero-order chi connectivity index (χ0) is 19.1.